The molecule has 9 heteroatoms. The van der Waals surface area contributed by atoms with Gasteiger partial charge in [-0.05, 0) is 58.2 Å². The highest BCUT2D eigenvalue weighted by Gasteiger charge is 2.24. The lowest BCUT2D eigenvalue weighted by Gasteiger charge is -2.31. The Morgan fingerprint density at radius 1 is 1.14 bits per heavy atom. The van der Waals surface area contributed by atoms with Crippen molar-refractivity contribution in [1.29, 1.82) is 0 Å². The molecule has 0 atom stereocenters. The molecule has 0 spiro atoms. The van der Waals surface area contributed by atoms with E-state index in [0.717, 1.165) is 22.6 Å². The quantitative estimate of drug-likeness (QED) is 0.423. The van der Waals surface area contributed by atoms with Crippen LogP contribution in [0.25, 0.3) is 11.8 Å². The van der Waals surface area contributed by atoms with Crippen LogP contribution in [-0.2, 0) is 14.3 Å². The fraction of sp³-hybridized carbons (Fsp3) is 0.462. The fourth-order valence-electron chi connectivity index (χ4n) is 4.12. The lowest BCUT2D eigenvalue weighted by molar-refractivity contribution is -0.122. The maximum Gasteiger partial charge on any atom is 0.409 e. The first-order valence-corrected chi connectivity index (χ1v) is 12.2. The third-order valence-corrected chi connectivity index (χ3v) is 6.02. The van der Waals surface area contributed by atoms with Crippen molar-refractivity contribution in [2.24, 2.45) is 0 Å². The molecule has 0 aliphatic carbocycles. The van der Waals surface area contributed by atoms with Crippen molar-refractivity contribution in [3.8, 4) is 5.69 Å². The van der Waals surface area contributed by atoms with Gasteiger partial charge in [0, 0.05) is 49.4 Å². The maximum atomic E-state index is 12.2. The molecule has 2 heterocycles. The van der Waals surface area contributed by atoms with Crippen LogP contribution < -0.4 is 10.6 Å². The molecule has 35 heavy (non-hydrogen) atoms. The van der Waals surface area contributed by atoms with Crippen LogP contribution in [0.4, 0.5) is 4.79 Å². The summed E-state index contributed by atoms with van der Waals surface area (Å²) in [5, 5.41) is 10.4. The number of rotatable bonds is 9. The van der Waals surface area contributed by atoms with Crippen molar-refractivity contribution >= 4 is 24.0 Å². The summed E-state index contributed by atoms with van der Waals surface area (Å²) in [6.45, 7) is 7.62. The van der Waals surface area contributed by atoms with Gasteiger partial charge in [-0.15, -0.1) is 0 Å². The SMILES string of the molecule is CCOC(=O)N1CCC(NC(=O)CCCNC(=O)/C=C/c2c(C)nn(-c3ccccc3)c2C)CC1. The van der Waals surface area contributed by atoms with Crippen molar-refractivity contribution in [2.45, 2.75) is 52.5 Å². The number of carbonyl (C=O) groups excluding carboxylic acids is 3. The van der Waals surface area contributed by atoms with E-state index in [2.05, 4.69) is 15.7 Å². The number of ether oxygens (including phenoxy) is 1. The zero-order chi connectivity index (χ0) is 25.2. The minimum atomic E-state index is -0.294. The Labute approximate surface area is 206 Å². The molecule has 1 aromatic carbocycles. The van der Waals surface area contributed by atoms with E-state index >= 15 is 0 Å². The molecule has 1 aromatic heterocycles. The third-order valence-electron chi connectivity index (χ3n) is 6.02. The van der Waals surface area contributed by atoms with E-state index in [9.17, 15) is 14.4 Å². The second kappa shape index (κ2) is 12.7. The van der Waals surface area contributed by atoms with E-state index in [1.165, 1.54) is 6.08 Å². The average Bonchev–Trinajstić information content (AvgIpc) is 3.14. The lowest BCUT2D eigenvalue weighted by atomic mass is 10.1. The molecular weight excluding hydrogens is 446 g/mol. The Morgan fingerprint density at radius 3 is 2.54 bits per heavy atom. The summed E-state index contributed by atoms with van der Waals surface area (Å²) in [6, 6.07) is 9.92. The molecule has 1 saturated heterocycles. The molecule has 2 N–H and O–H groups in total. The van der Waals surface area contributed by atoms with Crippen molar-refractivity contribution in [2.75, 3.05) is 26.2 Å². The molecule has 1 aliphatic heterocycles. The normalized spacial score (nSPS) is 14.2. The summed E-state index contributed by atoms with van der Waals surface area (Å²) in [5.41, 5.74) is 3.69. The maximum absolute atomic E-state index is 12.2. The van der Waals surface area contributed by atoms with Crippen molar-refractivity contribution in [3.05, 3.63) is 53.4 Å². The summed E-state index contributed by atoms with van der Waals surface area (Å²) < 4.78 is 6.88. The fourth-order valence-corrected chi connectivity index (χ4v) is 4.12. The molecule has 0 saturated carbocycles. The molecule has 0 unspecified atom stereocenters. The zero-order valence-corrected chi connectivity index (χ0v) is 20.8. The number of aromatic nitrogens is 2. The Balaban J connectivity index is 1.36. The van der Waals surface area contributed by atoms with Crippen LogP contribution in [0, 0.1) is 13.8 Å². The first kappa shape index (κ1) is 26.0. The minimum Gasteiger partial charge on any atom is -0.450 e. The number of carbonyl (C=O) groups is 3. The van der Waals surface area contributed by atoms with Crippen LogP contribution in [0.15, 0.2) is 36.4 Å². The Hall–Kier alpha value is -3.62. The smallest absolute Gasteiger partial charge is 0.409 e. The second-order valence-corrected chi connectivity index (χ2v) is 8.59. The van der Waals surface area contributed by atoms with Crippen molar-refractivity contribution in [1.82, 2.24) is 25.3 Å². The number of benzene rings is 1. The first-order valence-electron chi connectivity index (χ1n) is 12.2. The summed E-state index contributed by atoms with van der Waals surface area (Å²) in [7, 11) is 0. The van der Waals surface area contributed by atoms with Gasteiger partial charge in [0.05, 0.1) is 18.0 Å². The number of likely N-dealkylation sites (tertiary alicyclic amines) is 1. The van der Waals surface area contributed by atoms with Gasteiger partial charge in [-0.25, -0.2) is 9.48 Å². The molecule has 1 aliphatic rings. The van der Waals surface area contributed by atoms with E-state index in [4.69, 9.17) is 4.74 Å². The second-order valence-electron chi connectivity index (χ2n) is 8.59. The zero-order valence-electron chi connectivity index (χ0n) is 20.8. The van der Waals surface area contributed by atoms with Crippen LogP contribution in [0.3, 0.4) is 0 Å². The number of hydrogen-bond donors (Lipinski definition) is 2. The van der Waals surface area contributed by atoms with Crippen LogP contribution in [0.5, 0.6) is 0 Å². The number of aryl methyl sites for hydroxylation is 1. The third kappa shape index (κ3) is 7.43. The van der Waals surface area contributed by atoms with Crippen LogP contribution >= 0.6 is 0 Å². The Bertz CT molecular complexity index is 1040. The van der Waals surface area contributed by atoms with Crippen molar-refractivity contribution in [3.63, 3.8) is 0 Å². The first-order chi connectivity index (χ1) is 16.9. The van der Waals surface area contributed by atoms with E-state index in [0.29, 0.717) is 51.9 Å². The van der Waals surface area contributed by atoms with Gasteiger partial charge in [-0.3, -0.25) is 9.59 Å². The predicted molar refractivity (Wildman–Crippen MR) is 134 cm³/mol. The molecule has 3 rings (SSSR count). The van der Waals surface area contributed by atoms with Gasteiger partial charge in [-0.2, -0.15) is 5.10 Å². The summed E-state index contributed by atoms with van der Waals surface area (Å²) in [6.07, 6.45) is 5.31. The molecule has 2 aromatic rings. The summed E-state index contributed by atoms with van der Waals surface area (Å²) >= 11 is 0. The van der Waals surface area contributed by atoms with Crippen LogP contribution in [-0.4, -0.2) is 64.9 Å². The van der Waals surface area contributed by atoms with Gasteiger partial charge >= 0.3 is 6.09 Å². The predicted octanol–water partition coefficient (Wildman–Crippen LogP) is 3.14. The van der Waals surface area contributed by atoms with E-state index < -0.39 is 0 Å². The molecule has 3 amide bonds. The van der Waals surface area contributed by atoms with Gasteiger partial charge in [-0.1, -0.05) is 18.2 Å². The number of piperidine rings is 1. The van der Waals surface area contributed by atoms with Gasteiger partial charge in [0.1, 0.15) is 0 Å². The molecular formula is C26H35N5O4. The standard InChI is InChI=1S/C26H35N5O4/c1-4-35-26(34)30-17-14-21(15-18-30)28-25(33)11-8-16-27-24(32)13-12-23-19(2)29-31(20(23)3)22-9-6-5-7-10-22/h5-7,9-10,12-13,21H,4,8,11,14-18H2,1-3H3,(H,27,32)(H,28,33)/b13-12+. The van der Waals surface area contributed by atoms with Crippen LogP contribution in [0.1, 0.15) is 49.6 Å². The average molecular weight is 482 g/mol. The highest BCUT2D eigenvalue weighted by molar-refractivity contribution is 5.92. The van der Waals surface area contributed by atoms with Gasteiger partial charge in [0.25, 0.3) is 0 Å². The van der Waals surface area contributed by atoms with Crippen LogP contribution in [0.2, 0.25) is 0 Å². The Morgan fingerprint density at radius 2 is 1.86 bits per heavy atom. The monoisotopic (exact) mass is 481 g/mol. The molecule has 0 radical (unpaired) electrons. The van der Waals surface area contributed by atoms with Crippen molar-refractivity contribution < 1.29 is 19.1 Å². The number of hydrogen-bond acceptors (Lipinski definition) is 5. The summed E-state index contributed by atoms with van der Waals surface area (Å²) in [5.74, 6) is -0.244. The largest absolute Gasteiger partial charge is 0.450 e. The highest BCUT2D eigenvalue weighted by atomic mass is 16.6. The van der Waals surface area contributed by atoms with Gasteiger partial charge in [0.2, 0.25) is 11.8 Å². The molecule has 9 nitrogen and oxygen atoms in total. The molecule has 0 bridgehead atoms. The number of amides is 3. The Kier molecular flexibility index (Phi) is 9.46. The number of para-hydroxylation sites is 1. The number of nitrogens with one attached hydrogen (secondary N) is 2. The van der Waals surface area contributed by atoms with E-state index in [-0.39, 0.29) is 23.9 Å². The minimum absolute atomic E-state index is 0.0380. The molecule has 188 valence electrons. The van der Waals surface area contributed by atoms with E-state index in [1.807, 2.05) is 48.9 Å². The topological polar surface area (TPSA) is 106 Å². The van der Waals surface area contributed by atoms with Gasteiger partial charge < -0.3 is 20.3 Å². The van der Waals surface area contributed by atoms with Gasteiger partial charge in [0.15, 0.2) is 0 Å². The lowest BCUT2D eigenvalue weighted by Crippen LogP contribution is -2.46. The number of nitrogens with zero attached hydrogens (tertiary/aromatic N) is 3. The summed E-state index contributed by atoms with van der Waals surface area (Å²) in [4.78, 5) is 37.9. The molecule has 1 fully saturated rings. The highest BCUT2D eigenvalue weighted by Crippen LogP contribution is 2.19. The van der Waals surface area contributed by atoms with E-state index in [1.54, 1.807) is 17.9 Å².